The Balaban J connectivity index is 2.26. The summed E-state index contributed by atoms with van der Waals surface area (Å²) in [5, 5.41) is 26.4. The summed E-state index contributed by atoms with van der Waals surface area (Å²) in [5.74, 6) is -0.837. The van der Waals surface area contributed by atoms with Crippen LogP contribution in [0.25, 0.3) is 0 Å². The Labute approximate surface area is 102 Å². The Hall–Kier alpha value is -2.16. The Morgan fingerprint density at radius 2 is 2.22 bits per heavy atom. The number of carbonyl (C=O) groups is 2. The molecule has 0 fully saturated rings. The SMILES string of the molecule is CC(O)(CNC(=O)NCc1ncon1)CC(=O)O. The van der Waals surface area contributed by atoms with Crippen molar-refractivity contribution in [3.8, 4) is 0 Å². The molecule has 2 amide bonds. The molecule has 0 saturated heterocycles. The van der Waals surface area contributed by atoms with Crippen LogP contribution in [0.1, 0.15) is 19.2 Å². The van der Waals surface area contributed by atoms with Gasteiger partial charge in [-0.15, -0.1) is 0 Å². The fourth-order valence-corrected chi connectivity index (χ4v) is 1.15. The first-order valence-electron chi connectivity index (χ1n) is 5.10. The summed E-state index contributed by atoms with van der Waals surface area (Å²) in [4.78, 5) is 25.4. The van der Waals surface area contributed by atoms with Crippen molar-refractivity contribution in [1.82, 2.24) is 20.8 Å². The maximum absolute atomic E-state index is 11.3. The average Bonchev–Trinajstić information content (AvgIpc) is 2.74. The third kappa shape index (κ3) is 5.25. The zero-order valence-corrected chi connectivity index (χ0v) is 9.71. The topological polar surface area (TPSA) is 138 Å². The van der Waals surface area contributed by atoms with Crippen LogP contribution in [0.3, 0.4) is 0 Å². The smallest absolute Gasteiger partial charge is 0.315 e. The number of carboxylic acids is 1. The Morgan fingerprint density at radius 3 is 2.78 bits per heavy atom. The molecule has 0 saturated carbocycles. The first-order valence-corrected chi connectivity index (χ1v) is 5.10. The van der Waals surface area contributed by atoms with Gasteiger partial charge in [-0.25, -0.2) is 4.79 Å². The van der Waals surface area contributed by atoms with E-state index in [1.807, 2.05) is 0 Å². The lowest BCUT2D eigenvalue weighted by molar-refractivity contribution is -0.141. The van der Waals surface area contributed by atoms with E-state index < -0.39 is 24.0 Å². The summed E-state index contributed by atoms with van der Waals surface area (Å²) in [6.07, 6.45) is 0.671. The summed E-state index contributed by atoms with van der Waals surface area (Å²) in [5.41, 5.74) is -1.50. The Kier molecular flexibility index (Phi) is 4.60. The van der Waals surface area contributed by atoms with Crippen LogP contribution in [0.2, 0.25) is 0 Å². The van der Waals surface area contributed by atoms with Crippen molar-refractivity contribution in [2.24, 2.45) is 0 Å². The standard InChI is InChI=1S/C9H14N4O5/c1-9(17,2-7(14)15)4-11-8(16)10-3-6-12-5-18-13-6/h5,17H,2-4H2,1H3,(H,14,15)(H2,10,11,16). The zero-order chi connectivity index (χ0) is 13.6. The van der Waals surface area contributed by atoms with Crippen LogP contribution in [-0.2, 0) is 11.3 Å². The van der Waals surface area contributed by atoms with Gasteiger partial charge >= 0.3 is 12.0 Å². The predicted molar refractivity (Wildman–Crippen MR) is 57.4 cm³/mol. The molecule has 4 N–H and O–H groups in total. The van der Waals surface area contributed by atoms with E-state index >= 15 is 0 Å². The lowest BCUT2D eigenvalue weighted by Crippen LogP contribution is -2.45. The Bertz CT molecular complexity index is 403. The van der Waals surface area contributed by atoms with E-state index in [1.54, 1.807) is 0 Å². The minimum absolute atomic E-state index is 0.0728. The fraction of sp³-hybridized carbons (Fsp3) is 0.556. The molecule has 1 heterocycles. The van der Waals surface area contributed by atoms with Crippen molar-refractivity contribution in [3.63, 3.8) is 0 Å². The summed E-state index contributed by atoms with van der Waals surface area (Å²) >= 11 is 0. The second kappa shape index (κ2) is 5.96. The van der Waals surface area contributed by atoms with E-state index in [-0.39, 0.29) is 13.1 Å². The van der Waals surface area contributed by atoms with Crippen LogP contribution in [-0.4, -0.2) is 44.5 Å². The van der Waals surface area contributed by atoms with E-state index in [4.69, 9.17) is 5.11 Å². The third-order valence-corrected chi connectivity index (χ3v) is 1.98. The number of nitrogens with zero attached hydrogens (tertiary/aromatic N) is 2. The molecule has 0 aliphatic rings. The van der Waals surface area contributed by atoms with Crippen LogP contribution < -0.4 is 10.6 Å². The van der Waals surface area contributed by atoms with Gasteiger partial charge in [-0.1, -0.05) is 5.16 Å². The predicted octanol–water partition coefficient (Wildman–Crippen LogP) is -0.906. The fourth-order valence-electron chi connectivity index (χ4n) is 1.15. The number of carbonyl (C=O) groups excluding carboxylic acids is 1. The normalized spacial score (nSPS) is 13.7. The molecule has 100 valence electrons. The van der Waals surface area contributed by atoms with Gasteiger partial charge in [0.25, 0.3) is 0 Å². The monoisotopic (exact) mass is 258 g/mol. The van der Waals surface area contributed by atoms with E-state index in [0.29, 0.717) is 5.82 Å². The van der Waals surface area contributed by atoms with Crippen LogP contribution in [0.5, 0.6) is 0 Å². The largest absolute Gasteiger partial charge is 0.481 e. The molecule has 0 bridgehead atoms. The number of hydrogen-bond donors (Lipinski definition) is 4. The first kappa shape index (κ1) is 13.9. The maximum Gasteiger partial charge on any atom is 0.315 e. The minimum atomic E-state index is -1.50. The van der Waals surface area contributed by atoms with Crippen molar-refractivity contribution in [3.05, 3.63) is 12.2 Å². The van der Waals surface area contributed by atoms with Crippen molar-refractivity contribution >= 4 is 12.0 Å². The van der Waals surface area contributed by atoms with Crippen LogP contribution in [0, 0.1) is 0 Å². The van der Waals surface area contributed by atoms with Gasteiger partial charge < -0.3 is 25.4 Å². The van der Waals surface area contributed by atoms with Gasteiger partial charge in [0.15, 0.2) is 5.82 Å². The Morgan fingerprint density at radius 1 is 1.50 bits per heavy atom. The summed E-state index contributed by atoms with van der Waals surface area (Å²) < 4.78 is 4.47. The van der Waals surface area contributed by atoms with Gasteiger partial charge in [0.1, 0.15) is 0 Å². The molecule has 1 atom stereocenters. The van der Waals surface area contributed by atoms with Crippen molar-refractivity contribution in [1.29, 1.82) is 0 Å². The average molecular weight is 258 g/mol. The molecule has 9 nitrogen and oxygen atoms in total. The second-order valence-corrected chi connectivity index (χ2v) is 3.95. The highest BCUT2D eigenvalue weighted by Gasteiger charge is 2.24. The number of aromatic nitrogens is 2. The number of aliphatic hydroxyl groups is 1. The van der Waals surface area contributed by atoms with Gasteiger partial charge in [-0.2, -0.15) is 4.98 Å². The summed E-state index contributed by atoms with van der Waals surface area (Å²) in [6.45, 7) is 1.21. The van der Waals surface area contributed by atoms with Gasteiger partial charge in [-0.3, -0.25) is 4.79 Å². The minimum Gasteiger partial charge on any atom is -0.481 e. The molecular formula is C9H14N4O5. The number of amides is 2. The number of nitrogens with one attached hydrogen (secondary N) is 2. The van der Waals surface area contributed by atoms with E-state index in [2.05, 4.69) is 25.3 Å². The molecule has 0 aliphatic heterocycles. The van der Waals surface area contributed by atoms with Gasteiger partial charge in [-0.05, 0) is 6.92 Å². The number of urea groups is 1. The highest BCUT2D eigenvalue weighted by atomic mass is 16.5. The highest BCUT2D eigenvalue weighted by Crippen LogP contribution is 2.06. The van der Waals surface area contributed by atoms with Crippen molar-refractivity contribution in [2.75, 3.05) is 6.54 Å². The maximum atomic E-state index is 11.3. The van der Waals surface area contributed by atoms with Gasteiger partial charge in [0.05, 0.1) is 18.6 Å². The molecule has 1 aromatic heterocycles. The van der Waals surface area contributed by atoms with E-state index in [9.17, 15) is 14.7 Å². The molecule has 0 aliphatic carbocycles. The van der Waals surface area contributed by atoms with Crippen molar-refractivity contribution < 1.29 is 24.3 Å². The molecule has 0 aromatic carbocycles. The first-order chi connectivity index (χ1) is 8.39. The number of carboxylic acid groups (broad SMARTS) is 1. The lowest BCUT2D eigenvalue weighted by Gasteiger charge is -2.21. The molecular weight excluding hydrogens is 244 g/mol. The molecule has 0 spiro atoms. The molecule has 1 unspecified atom stereocenters. The molecule has 0 radical (unpaired) electrons. The summed E-state index contributed by atoms with van der Waals surface area (Å²) in [6, 6.07) is -0.564. The second-order valence-electron chi connectivity index (χ2n) is 3.95. The quantitative estimate of drug-likeness (QED) is 0.518. The molecule has 18 heavy (non-hydrogen) atoms. The van der Waals surface area contributed by atoms with Crippen LogP contribution in [0.15, 0.2) is 10.9 Å². The third-order valence-electron chi connectivity index (χ3n) is 1.98. The van der Waals surface area contributed by atoms with Crippen LogP contribution >= 0.6 is 0 Å². The lowest BCUT2D eigenvalue weighted by atomic mass is 10.0. The van der Waals surface area contributed by atoms with Gasteiger partial charge in [0, 0.05) is 6.54 Å². The zero-order valence-electron chi connectivity index (χ0n) is 9.71. The molecule has 1 aromatic rings. The molecule has 9 heteroatoms. The van der Waals surface area contributed by atoms with E-state index in [0.717, 1.165) is 6.39 Å². The van der Waals surface area contributed by atoms with Crippen molar-refractivity contribution in [2.45, 2.75) is 25.5 Å². The number of aliphatic carboxylic acids is 1. The highest BCUT2D eigenvalue weighted by molar-refractivity contribution is 5.74. The number of rotatable bonds is 6. The molecule has 1 rings (SSSR count). The van der Waals surface area contributed by atoms with E-state index in [1.165, 1.54) is 6.92 Å². The van der Waals surface area contributed by atoms with Crippen LogP contribution in [0.4, 0.5) is 4.79 Å². The van der Waals surface area contributed by atoms with Gasteiger partial charge in [0.2, 0.25) is 6.39 Å². The summed E-state index contributed by atoms with van der Waals surface area (Å²) in [7, 11) is 0. The number of hydrogen-bond acceptors (Lipinski definition) is 6.